The van der Waals surface area contributed by atoms with E-state index >= 15 is 0 Å². The zero-order chi connectivity index (χ0) is 25.8. The summed E-state index contributed by atoms with van der Waals surface area (Å²) in [4.78, 5) is 42.3. The Bertz CT molecular complexity index is 1400. The number of benzene rings is 4. The molecule has 0 spiro atoms. The predicted molar refractivity (Wildman–Crippen MR) is 146 cm³/mol. The molecule has 4 aromatic carbocycles. The van der Waals surface area contributed by atoms with Crippen LogP contribution >= 0.6 is 15.9 Å². The normalized spacial score (nSPS) is 13.6. The molecule has 7 heteroatoms. The van der Waals surface area contributed by atoms with Crippen molar-refractivity contribution in [1.82, 2.24) is 0 Å². The van der Waals surface area contributed by atoms with Gasteiger partial charge in [-0.05, 0) is 65.7 Å². The molecule has 1 heterocycles. The van der Waals surface area contributed by atoms with Crippen LogP contribution in [0, 0.1) is 0 Å². The first kappa shape index (κ1) is 24.2. The van der Waals surface area contributed by atoms with E-state index in [1.807, 2.05) is 24.3 Å². The van der Waals surface area contributed by atoms with Crippen LogP contribution in [0.5, 0.6) is 5.75 Å². The lowest BCUT2D eigenvalue weighted by Crippen LogP contribution is -2.57. The second kappa shape index (κ2) is 10.6. The molecular formula is C30H21BrN2O4. The van der Waals surface area contributed by atoms with Crippen LogP contribution in [0.2, 0.25) is 0 Å². The van der Waals surface area contributed by atoms with Gasteiger partial charge in [0.1, 0.15) is 17.9 Å². The number of nitrogens with zero attached hydrogens (tertiary/aromatic N) is 2. The van der Waals surface area contributed by atoms with E-state index in [0.29, 0.717) is 29.3 Å². The summed E-state index contributed by atoms with van der Waals surface area (Å²) in [6.45, 7) is 0.408. The Morgan fingerprint density at radius 1 is 0.649 bits per heavy atom. The molecule has 0 saturated carbocycles. The van der Waals surface area contributed by atoms with E-state index in [4.69, 9.17) is 4.74 Å². The van der Waals surface area contributed by atoms with Gasteiger partial charge in [-0.2, -0.15) is 0 Å². The summed E-state index contributed by atoms with van der Waals surface area (Å²) in [6, 6.07) is 31.3. The highest BCUT2D eigenvalue weighted by Crippen LogP contribution is 2.29. The number of carbonyl (C=O) groups is 3. The Kier molecular flexibility index (Phi) is 6.96. The molecule has 182 valence electrons. The summed E-state index contributed by atoms with van der Waals surface area (Å²) in [7, 11) is 0. The standard InChI is InChI=1S/C30H21BrN2O4/c31-23-15-11-22(12-16-23)20-37-26-17-13-21(14-18-26)19-27-28(34)32(24-7-3-1-4-8-24)30(36)33(29(27)35)25-9-5-2-6-10-25/h1-19H,20H2. The highest BCUT2D eigenvalue weighted by Gasteiger charge is 2.43. The quantitative estimate of drug-likeness (QED) is 0.199. The van der Waals surface area contributed by atoms with Gasteiger partial charge in [0.2, 0.25) is 0 Å². The van der Waals surface area contributed by atoms with Gasteiger partial charge in [0.25, 0.3) is 11.8 Å². The molecule has 6 nitrogen and oxygen atoms in total. The number of anilines is 2. The zero-order valence-corrected chi connectivity index (χ0v) is 21.2. The minimum atomic E-state index is -0.721. The van der Waals surface area contributed by atoms with Crippen molar-refractivity contribution in [2.45, 2.75) is 6.61 Å². The number of imide groups is 2. The number of urea groups is 1. The molecule has 0 aromatic heterocycles. The Labute approximate surface area is 222 Å². The van der Waals surface area contributed by atoms with Crippen LogP contribution < -0.4 is 14.5 Å². The SMILES string of the molecule is O=C1C(=Cc2ccc(OCc3ccc(Br)cc3)cc2)C(=O)N(c2ccccc2)C(=O)N1c1ccccc1. The Morgan fingerprint density at radius 3 is 1.68 bits per heavy atom. The first-order valence-corrected chi connectivity index (χ1v) is 12.3. The van der Waals surface area contributed by atoms with Crippen molar-refractivity contribution in [2.24, 2.45) is 0 Å². The lowest BCUT2D eigenvalue weighted by Gasteiger charge is -2.33. The summed E-state index contributed by atoms with van der Waals surface area (Å²) in [5, 5.41) is 0. The van der Waals surface area contributed by atoms with E-state index in [-0.39, 0.29) is 5.57 Å². The first-order valence-electron chi connectivity index (χ1n) is 11.5. The molecule has 0 atom stereocenters. The molecule has 1 saturated heterocycles. The summed E-state index contributed by atoms with van der Waals surface area (Å²) in [5.74, 6) is -0.703. The number of amides is 4. The third kappa shape index (κ3) is 5.22. The predicted octanol–water partition coefficient (Wildman–Crippen LogP) is 6.61. The number of rotatable bonds is 6. The number of halogens is 1. The van der Waals surface area contributed by atoms with Crippen molar-refractivity contribution in [3.63, 3.8) is 0 Å². The number of hydrogen-bond acceptors (Lipinski definition) is 4. The van der Waals surface area contributed by atoms with Gasteiger partial charge in [-0.3, -0.25) is 9.59 Å². The van der Waals surface area contributed by atoms with Gasteiger partial charge in [0.15, 0.2) is 0 Å². The van der Waals surface area contributed by atoms with Gasteiger partial charge < -0.3 is 4.74 Å². The molecule has 1 aliphatic heterocycles. The van der Waals surface area contributed by atoms with Crippen molar-refractivity contribution in [3.05, 3.63) is 130 Å². The number of barbiturate groups is 1. The molecule has 0 bridgehead atoms. The largest absolute Gasteiger partial charge is 0.489 e. The van der Waals surface area contributed by atoms with Crippen molar-refractivity contribution in [3.8, 4) is 5.75 Å². The van der Waals surface area contributed by atoms with Crippen LogP contribution in [0.4, 0.5) is 16.2 Å². The van der Waals surface area contributed by atoms with Crippen LogP contribution in [-0.2, 0) is 16.2 Å². The highest BCUT2D eigenvalue weighted by molar-refractivity contribution is 9.10. The van der Waals surface area contributed by atoms with Crippen LogP contribution in [0.3, 0.4) is 0 Å². The molecule has 1 fully saturated rings. The van der Waals surface area contributed by atoms with Crippen LogP contribution in [0.1, 0.15) is 11.1 Å². The zero-order valence-electron chi connectivity index (χ0n) is 19.6. The second-order valence-corrected chi connectivity index (χ2v) is 9.19. The first-order chi connectivity index (χ1) is 18.0. The number of para-hydroxylation sites is 2. The van der Waals surface area contributed by atoms with Gasteiger partial charge in [-0.1, -0.05) is 76.6 Å². The maximum absolute atomic E-state index is 13.4. The molecule has 37 heavy (non-hydrogen) atoms. The molecule has 0 N–H and O–H groups in total. The molecular weight excluding hydrogens is 532 g/mol. The molecule has 4 aromatic rings. The van der Waals surface area contributed by atoms with Crippen molar-refractivity contribution < 1.29 is 19.1 Å². The number of ether oxygens (including phenoxy) is 1. The minimum absolute atomic E-state index is 0.115. The third-order valence-electron chi connectivity index (χ3n) is 5.79. The average molecular weight is 553 g/mol. The van der Waals surface area contributed by atoms with E-state index in [2.05, 4.69) is 15.9 Å². The molecule has 0 radical (unpaired) electrons. The van der Waals surface area contributed by atoms with Gasteiger partial charge >= 0.3 is 6.03 Å². The van der Waals surface area contributed by atoms with E-state index < -0.39 is 17.8 Å². The number of hydrogen-bond donors (Lipinski definition) is 0. The van der Waals surface area contributed by atoms with E-state index in [0.717, 1.165) is 19.8 Å². The smallest absolute Gasteiger partial charge is 0.343 e. The van der Waals surface area contributed by atoms with Gasteiger partial charge in [-0.25, -0.2) is 14.6 Å². The van der Waals surface area contributed by atoms with Crippen molar-refractivity contribution >= 4 is 51.2 Å². The summed E-state index contributed by atoms with van der Waals surface area (Å²) < 4.78 is 6.85. The summed E-state index contributed by atoms with van der Waals surface area (Å²) in [5.41, 5.74) is 2.31. The maximum Gasteiger partial charge on any atom is 0.343 e. The number of carbonyl (C=O) groups excluding carboxylic acids is 3. The molecule has 0 unspecified atom stereocenters. The van der Waals surface area contributed by atoms with E-state index in [1.54, 1.807) is 84.9 Å². The second-order valence-electron chi connectivity index (χ2n) is 8.28. The lowest BCUT2D eigenvalue weighted by atomic mass is 10.0. The maximum atomic E-state index is 13.4. The Hall–Kier alpha value is -4.49. The Balaban J connectivity index is 1.44. The lowest BCUT2D eigenvalue weighted by molar-refractivity contribution is -0.121. The average Bonchev–Trinajstić information content (AvgIpc) is 2.93. The van der Waals surface area contributed by atoms with Gasteiger partial charge in [-0.15, -0.1) is 0 Å². The summed E-state index contributed by atoms with van der Waals surface area (Å²) >= 11 is 3.42. The molecule has 1 aliphatic rings. The third-order valence-corrected chi connectivity index (χ3v) is 6.32. The fourth-order valence-corrected chi connectivity index (χ4v) is 4.18. The highest BCUT2D eigenvalue weighted by atomic mass is 79.9. The molecule has 0 aliphatic carbocycles. The van der Waals surface area contributed by atoms with Crippen molar-refractivity contribution in [2.75, 3.05) is 9.80 Å². The van der Waals surface area contributed by atoms with E-state index in [1.165, 1.54) is 6.08 Å². The topological polar surface area (TPSA) is 66.9 Å². The van der Waals surface area contributed by atoms with Crippen molar-refractivity contribution in [1.29, 1.82) is 0 Å². The van der Waals surface area contributed by atoms with Crippen LogP contribution in [0.25, 0.3) is 6.08 Å². The molecule has 4 amide bonds. The fourth-order valence-electron chi connectivity index (χ4n) is 3.91. The van der Waals surface area contributed by atoms with Gasteiger partial charge in [0.05, 0.1) is 11.4 Å². The van der Waals surface area contributed by atoms with Crippen LogP contribution in [-0.4, -0.2) is 17.8 Å². The van der Waals surface area contributed by atoms with Gasteiger partial charge in [0, 0.05) is 4.47 Å². The molecule has 5 rings (SSSR count). The van der Waals surface area contributed by atoms with Crippen LogP contribution in [0.15, 0.2) is 119 Å². The van der Waals surface area contributed by atoms with E-state index in [9.17, 15) is 14.4 Å². The fraction of sp³-hybridized carbons (Fsp3) is 0.0333. The minimum Gasteiger partial charge on any atom is -0.489 e. The Morgan fingerprint density at radius 2 is 1.16 bits per heavy atom. The summed E-state index contributed by atoms with van der Waals surface area (Å²) in [6.07, 6.45) is 1.50. The monoisotopic (exact) mass is 552 g/mol.